The summed E-state index contributed by atoms with van der Waals surface area (Å²) in [6, 6.07) is 18.2. The third-order valence-corrected chi connectivity index (χ3v) is 6.81. The Hall–Kier alpha value is -4.64. The minimum atomic E-state index is -0.463. The number of ether oxygens (including phenoxy) is 3. The first-order valence-corrected chi connectivity index (χ1v) is 13.3. The Kier molecular flexibility index (Phi) is 9.18. The summed E-state index contributed by atoms with van der Waals surface area (Å²) in [5.74, 6) is 0.382. The van der Waals surface area contributed by atoms with Crippen molar-refractivity contribution in [3.05, 3.63) is 98.4 Å². The van der Waals surface area contributed by atoms with E-state index in [0.717, 1.165) is 11.1 Å². The molecule has 11 heteroatoms. The number of amidine groups is 1. The third kappa shape index (κ3) is 6.67. The molecule has 0 N–H and O–H groups in total. The molecule has 0 radical (unpaired) electrons. The van der Waals surface area contributed by atoms with Crippen LogP contribution in [-0.4, -0.2) is 47.1 Å². The lowest BCUT2D eigenvalue weighted by molar-refractivity contribution is -0.384. The lowest BCUT2D eigenvalue weighted by Gasteiger charge is -2.13. The number of nitrogens with zero attached hydrogens (tertiary/aromatic N) is 3. The smallest absolute Gasteiger partial charge is 0.337 e. The van der Waals surface area contributed by atoms with Gasteiger partial charge in [-0.1, -0.05) is 12.1 Å². The van der Waals surface area contributed by atoms with Gasteiger partial charge >= 0.3 is 5.97 Å². The summed E-state index contributed by atoms with van der Waals surface area (Å²) < 4.78 is 16.5. The average molecular weight is 562 g/mol. The van der Waals surface area contributed by atoms with Crippen LogP contribution in [0.2, 0.25) is 0 Å². The molecule has 4 rings (SSSR count). The maximum Gasteiger partial charge on any atom is 0.337 e. The first-order valence-electron chi connectivity index (χ1n) is 12.4. The van der Waals surface area contributed by atoms with Gasteiger partial charge in [0, 0.05) is 18.7 Å². The number of carbonyl (C=O) groups excluding carboxylic acids is 2. The van der Waals surface area contributed by atoms with Gasteiger partial charge in [-0.25, -0.2) is 9.79 Å². The largest absolute Gasteiger partial charge is 0.490 e. The van der Waals surface area contributed by atoms with Gasteiger partial charge in [-0.05, 0) is 85.3 Å². The number of methoxy groups -OCH3 is 1. The Balaban J connectivity index is 1.54. The number of benzene rings is 3. The number of esters is 1. The van der Waals surface area contributed by atoms with Crippen LogP contribution in [0.5, 0.6) is 11.5 Å². The molecule has 40 heavy (non-hydrogen) atoms. The van der Waals surface area contributed by atoms with Crippen molar-refractivity contribution in [2.24, 2.45) is 4.99 Å². The number of amides is 1. The van der Waals surface area contributed by atoms with Crippen LogP contribution in [0.15, 0.2) is 76.6 Å². The molecule has 1 fully saturated rings. The fraction of sp³-hybridized carbons (Fsp3) is 0.207. The quantitative estimate of drug-likeness (QED) is 0.128. The average Bonchev–Trinajstić information content (AvgIpc) is 3.25. The fourth-order valence-electron chi connectivity index (χ4n) is 3.83. The van der Waals surface area contributed by atoms with Crippen molar-refractivity contribution in [3.63, 3.8) is 0 Å². The van der Waals surface area contributed by atoms with E-state index in [2.05, 4.69) is 4.99 Å². The number of aliphatic imine (C=N–C) groups is 1. The van der Waals surface area contributed by atoms with E-state index in [1.165, 1.54) is 31.0 Å². The SMILES string of the molecule is CCOc1cc(C=C2SC(=Nc3cccc(C(=O)OC)c3)N(CC)C2=O)ccc1OCc1ccc([N+](=O)[O-])cc1. The summed E-state index contributed by atoms with van der Waals surface area (Å²) in [6.45, 7) is 4.77. The molecule has 0 aromatic heterocycles. The molecule has 206 valence electrons. The Morgan fingerprint density at radius 2 is 1.82 bits per heavy atom. The van der Waals surface area contributed by atoms with Crippen LogP contribution in [0.1, 0.15) is 35.3 Å². The van der Waals surface area contributed by atoms with Gasteiger partial charge in [-0.15, -0.1) is 0 Å². The molecule has 0 unspecified atom stereocenters. The molecule has 3 aromatic rings. The van der Waals surface area contributed by atoms with E-state index >= 15 is 0 Å². The van der Waals surface area contributed by atoms with Gasteiger partial charge in [0.1, 0.15) is 6.61 Å². The minimum Gasteiger partial charge on any atom is -0.490 e. The number of non-ortho nitro benzene ring substituents is 1. The van der Waals surface area contributed by atoms with Crippen LogP contribution in [-0.2, 0) is 16.1 Å². The van der Waals surface area contributed by atoms with E-state index in [0.29, 0.717) is 46.0 Å². The van der Waals surface area contributed by atoms with Gasteiger partial charge < -0.3 is 14.2 Å². The summed E-state index contributed by atoms with van der Waals surface area (Å²) in [6.07, 6.45) is 1.77. The predicted molar refractivity (Wildman–Crippen MR) is 153 cm³/mol. The highest BCUT2D eigenvalue weighted by Crippen LogP contribution is 2.36. The summed E-state index contributed by atoms with van der Waals surface area (Å²) in [7, 11) is 1.32. The summed E-state index contributed by atoms with van der Waals surface area (Å²) in [5, 5.41) is 11.4. The highest BCUT2D eigenvalue weighted by molar-refractivity contribution is 8.18. The van der Waals surface area contributed by atoms with E-state index in [-0.39, 0.29) is 18.2 Å². The van der Waals surface area contributed by atoms with Crippen molar-refractivity contribution in [2.45, 2.75) is 20.5 Å². The monoisotopic (exact) mass is 561 g/mol. The molecule has 1 aliphatic heterocycles. The van der Waals surface area contributed by atoms with Crippen LogP contribution in [0, 0.1) is 10.1 Å². The zero-order valence-corrected chi connectivity index (χ0v) is 23.0. The number of nitro benzene ring substituents is 1. The molecule has 0 aliphatic carbocycles. The zero-order valence-electron chi connectivity index (χ0n) is 22.2. The van der Waals surface area contributed by atoms with Crippen LogP contribution < -0.4 is 9.47 Å². The maximum absolute atomic E-state index is 13.1. The second-order valence-corrected chi connectivity index (χ2v) is 9.46. The first kappa shape index (κ1) is 28.4. The van der Waals surface area contributed by atoms with E-state index in [9.17, 15) is 19.7 Å². The van der Waals surface area contributed by atoms with Crippen molar-refractivity contribution < 1.29 is 28.7 Å². The van der Waals surface area contributed by atoms with Crippen molar-refractivity contribution in [3.8, 4) is 11.5 Å². The molecule has 1 saturated heterocycles. The second kappa shape index (κ2) is 12.9. The molecule has 0 bridgehead atoms. The Morgan fingerprint density at radius 1 is 1.05 bits per heavy atom. The van der Waals surface area contributed by atoms with E-state index < -0.39 is 10.9 Å². The standard InChI is InChI=1S/C29H27N3O7S/c1-4-31-27(33)26(40-29(31)30-22-8-6-7-21(17-22)28(34)37-3)16-20-11-14-24(25(15-20)38-5-2)39-18-19-9-12-23(13-10-19)32(35)36/h6-17H,4-5,18H2,1-3H3. The van der Waals surface area contributed by atoms with Crippen molar-refractivity contribution >= 4 is 46.3 Å². The van der Waals surface area contributed by atoms with Gasteiger partial charge in [0.05, 0.1) is 34.8 Å². The number of hydrogen-bond donors (Lipinski definition) is 0. The van der Waals surface area contributed by atoms with Crippen molar-refractivity contribution in [1.29, 1.82) is 0 Å². The molecule has 1 aliphatic rings. The van der Waals surface area contributed by atoms with E-state index in [1.807, 2.05) is 19.9 Å². The number of rotatable bonds is 10. The number of likely N-dealkylation sites (N-methyl/N-ethyl adjacent to an activating group) is 1. The van der Waals surface area contributed by atoms with Gasteiger partial charge in [0.15, 0.2) is 16.7 Å². The Bertz CT molecular complexity index is 1490. The van der Waals surface area contributed by atoms with Crippen LogP contribution in [0.25, 0.3) is 6.08 Å². The molecule has 1 amide bonds. The molecule has 0 saturated carbocycles. The van der Waals surface area contributed by atoms with Gasteiger partial charge in [0.2, 0.25) is 0 Å². The van der Waals surface area contributed by atoms with Crippen molar-refractivity contribution in [2.75, 3.05) is 20.3 Å². The number of thioether (sulfide) groups is 1. The summed E-state index contributed by atoms with van der Waals surface area (Å²) in [5.41, 5.74) is 2.44. The minimum absolute atomic E-state index is 0.0139. The van der Waals surface area contributed by atoms with Crippen LogP contribution in [0.3, 0.4) is 0 Å². The molecule has 0 atom stereocenters. The zero-order chi connectivity index (χ0) is 28.6. The predicted octanol–water partition coefficient (Wildman–Crippen LogP) is 5.98. The molecule has 0 spiro atoms. The van der Waals surface area contributed by atoms with Gasteiger partial charge in [-0.3, -0.25) is 19.8 Å². The van der Waals surface area contributed by atoms with Crippen LogP contribution >= 0.6 is 11.8 Å². The second-order valence-electron chi connectivity index (χ2n) is 8.45. The molecule has 1 heterocycles. The normalized spacial score (nSPS) is 15.0. The number of carbonyl (C=O) groups is 2. The highest BCUT2D eigenvalue weighted by atomic mass is 32.2. The molecular formula is C29H27N3O7S. The summed E-state index contributed by atoms with van der Waals surface area (Å²) in [4.78, 5) is 42.1. The topological polar surface area (TPSA) is 121 Å². The molecular weight excluding hydrogens is 534 g/mol. The van der Waals surface area contributed by atoms with Gasteiger partial charge in [-0.2, -0.15) is 0 Å². The van der Waals surface area contributed by atoms with E-state index in [4.69, 9.17) is 14.2 Å². The highest BCUT2D eigenvalue weighted by Gasteiger charge is 2.32. The fourth-order valence-corrected chi connectivity index (χ4v) is 4.89. The maximum atomic E-state index is 13.1. The molecule has 10 nitrogen and oxygen atoms in total. The lowest BCUT2D eigenvalue weighted by Crippen LogP contribution is -2.28. The number of hydrogen-bond acceptors (Lipinski definition) is 9. The number of nitro groups is 1. The van der Waals surface area contributed by atoms with Crippen LogP contribution in [0.4, 0.5) is 11.4 Å². The molecule has 3 aromatic carbocycles. The van der Waals surface area contributed by atoms with Gasteiger partial charge in [0.25, 0.3) is 11.6 Å². The van der Waals surface area contributed by atoms with Crippen molar-refractivity contribution in [1.82, 2.24) is 4.90 Å². The summed E-state index contributed by atoms with van der Waals surface area (Å²) >= 11 is 1.25. The lowest BCUT2D eigenvalue weighted by atomic mass is 10.1. The third-order valence-electron chi connectivity index (χ3n) is 5.80. The first-order chi connectivity index (χ1) is 19.3. The van der Waals surface area contributed by atoms with E-state index in [1.54, 1.807) is 59.5 Å². The Morgan fingerprint density at radius 3 is 2.50 bits per heavy atom. The Labute approximate surface area is 235 Å².